The van der Waals surface area contributed by atoms with Crippen LogP contribution in [0.4, 0.5) is 0 Å². The molecule has 82 valence electrons. The largest absolute Gasteiger partial charge is 0.0988 e. The molecular formula is C13H26Si. The van der Waals surface area contributed by atoms with Gasteiger partial charge in [0.15, 0.2) is 0 Å². The van der Waals surface area contributed by atoms with Gasteiger partial charge >= 0.3 is 0 Å². The second kappa shape index (κ2) is 7.05. The Bertz CT molecular complexity index is 184. The summed E-state index contributed by atoms with van der Waals surface area (Å²) in [6, 6.07) is 1.28. The third kappa shape index (κ3) is 8.30. The van der Waals surface area contributed by atoms with Crippen LogP contribution in [0.15, 0.2) is 24.3 Å². The van der Waals surface area contributed by atoms with Gasteiger partial charge in [0.2, 0.25) is 0 Å². The zero-order valence-electron chi connectivity index (χ0n) is 10.4. The average molecular weight is 210 g/mol. The van der Waals surface area contributed by atoms with Crippen molar-refractivity contribution in [1.82, 2.24) is 0 Å². The molecule has 0 heterocycles. The summed E-state index contributed by atoms with van der Waals surface area (Å²) in [5.41, 5.74) is 1.47. The van der Waals surface area contributed by atoms with E-state index < -0.39 is 8.07 Å². The molecule has 0 aliphatic heterocycles. The van der Waals surface area contributed by atoms with Gasteiger partial charge in [-0.2, -0.15) is 0 Å². The fourth-order valence-corrected chi connectivity index (χ4v) is 3.04. The van der Waals surface area contributed by atoms with Gasteiger partial charge in [-0.3, -0.25) is 0 Å². The Kier molecular flexibility index (Phi) is 6.90. The van der Waals surface area contributed by atoms with Crippen LogP contribution in [0.5, 0.6) is 0 Å². The van der Waals surface area contributed by atoms with Gasteiger partial charge in [-0.25, -0.2) is 0 Å². The number of rotatable bonds is 7. The zero-order valence-corrected chi connectivity index (χ0v) is 11.4. The van der Waals surface area contributed by atoms with E-state index in [1.165, 1.54) is 37.3 Å². The lowest BCUT2D eigenvalue weighted by Gasteiger charge is -2.16. The summed E-state index contributed by atoms with van der Waals surface area (Å²) in [7, 11) is -0.949. The van der Waals surface area contributed by atoms with Crippen molar-refractivity contribution < 1.29 is 0 Å². The summed E-state index contributed by atoms with van der Waals surface area (Å²) in [6.45, 7) is 13.4. The summed E-state index contributed by atoms with van der Waals surface area (Å²) >= 11 is 0. The minimum absolute atomic E-state index is 0.949. The highest BCUT2D eigenvalue weighted by molar-refractivity contribution is 6.76. The predicted octanol–water partition coefficient (Wildman–Crippen LogP) is 5.02. The standard InChI is InChI=1S/C13H26Si/c1-6-8-9-10-11-13(7-2)12-14(3,4)5/h7,11H,2,6,8-10,12H2,1,3-5H3/b13-11+. The average Bonchev–Trinajstić information content (AvgIpc) is 2.08. The second-order valence-corrected chi connectivity index (χ2v) is 10.7. The van der Waals surface area contributed by atoms with Crippen LogP contribution in [0, 0.1) is 0 Å². The lowest BCUT2D eigenvalue weighted by molar-refractivity contribution is 0.728. The number of unbranched alkanes of at least 4 members (excludes halogenated alkanes) is 3. The number of hydrogen-bond donors (Lipinski definition) is 0. The molecular weight excluding hydrogens is 184 g/mol. The topological polar surface area (TPSA) is 0 Å². The van der Waals surface area contributed by atoms with Gasteiger partial charge < -0.3 is 0 Å². The molecule has 0 unspecified atom stereocenters. The summed E-state index contributed by atoms with van der Waals surface area (Å²) in [5, 5.41) is 0. The van der Waals surface area contributed by atoms with Crippen LogP contribution >= 0.6 is 0 Å². The van der Waals surface area contributed by atoms with Gasteiger partial charge in [0.25, 0.3) is 0 Å². The fraction of sp³-hybridized carbons (Fsp3) is 0.692. The Morgan fingerprint density at radius 3 is 2.29 bits per heavy atom. The highest BCUT2D eigenvalue weighted by Gasteiger charge is 2.13. The first-order chi connectivity index (χ1) is 6.49. The number of allylic oxidation sites excluding steroid dienone is 3. The van der Waals surface area contributed by atoms with Crippen LogP contribution < -0.4 is 0 Å². The van der Waals surface area contributed by atoms with Gasteiger partial charge in [0.1, 0.15) is 0 Å². The molecule has 0 atom stereocenters. The molecule has 0 spiro atoms. The lowest BCUT2D eigenvalue weighted by atomic mass is 10.1. The van der Waals surface area contributed by atoms with Crippen molar-refractivity contribution in [3.63, 3.8) is 0 Å². The highest BCUT2D eigenvalue weighted by atomic mass is 28.3. The first kappa shape index (κ1) is 13.7. The first-order valence-electron chi connectivity index (χ1n) is 5.81. The maximum Gasteiger partial charge on any atom is 0.0486 e. The number of hydrogen-bond acceptors (Lipinski definition) is 0. The molecule has 14 heavy (non-hydrogen) atoms. The van der Waals surface area contributed by atoms with E-state index in [2.05, 4.69) is 39.2 Å². The summed E-state index contributed by atoms with van der Waals surface area (Å²) in [6.07, 6.45) is 9.67. The van der Waals surface area contributed by atoms with Crippen LogP contribution in [0.2, 0.25) is 25.7 Å². The maximum absolute atomic E-state index is 3.90. The lowest BCUT2D eigenvalue weighted by Crippen LogP contribution is -2.19. The Morgan fingerprint density at radius 1 is 1.21 bits per heavy atom. The molecule has 0 aromatic rings. The maximum atomic E-state index is 3.90. The van der Waals surface area contributed by atoms with E-state index in [1.807, 2.05) is 6.08 Å². The van der Waals surface area contributed by atoms with E-state index in [1.54, 1.807) is 0 Å². The van der Waals surface area contributed by atoms with Crippen molar-refractivity contribution in [2.45, 2.75) is 58.3 Å². The molecule has 0 saturated heterocycles. The summed E-state index contributed by atoms with van der Waals surface area (Å²) in [4.78, 5) is 0. The van der Waals surface area contributed by atoms with Crippen LogP contribution in [0.3, 0.4) is 0 Å². The quantitative estimate of drug-likeness (QED) is 0.314. The van der Waals surface area contributed by atoms with Crippen LogP contribution in [-0.2, 0) is 0 Å². The van der Waals surface area contributed by atoms with E-state index in [9.17, 15) is 0 Å². The van der Waals surface area contributed by atoms with Crippen LogP contribution in [0.25, 0.3) is 0 Å². The Balaban J connectivity index is 3.94. The van der Waals surface area contributed by atoms with E-state index in [0.29, 0.717) is 0 Å². The van der Waals surface area contributed by atoms with E-state index in [-0.39, 0.29) is 0 Å². The first-order valence-corrected chi connectivity index (χ1v) is 9.52. The molecule has 0 aromatic carbocycles. The minimum atomic E-state index is -0.949. The van der Waals surface area contributed by atoms with Gasteiger partial charge in [-0.1, -0.05) is 63.7 Å². The molecule has 0 amide bonds. The van der Waals surface area contributed by atoms with Crippen molar-refractivity contribution in [2.24, 2.45) is 0 Å². The molecule has 0 saturated carbocycles. The zero-order chi connectivity index (χ0) is 11.0. The van der Waals surface area contributed by atoms with E-state index in [0.717, 1.165) is 0 Å². The predicted molar refractivity (Wildman–Crippen MR) is 70.6 cm³/mol. The fourth-order valence-electron chi connectivity index (χ4n) is 1.52. The minimum Gasteiger partial charge on any atom is -0.0988 e. The van der Waals surface area contributed by atoms with Crippen molar-refractivity contribution >= 4 is 8.07 Å². The molecule has 0 radical (unpaired) electrons. The molecule has 0 N–H and O–H groups in total. The molecule has 0 fully saturated rings. The molecule has 1 heteroatoms. The molecule has 0 bridgehead atoms. The summed E-state index contributed by atoms with van der Waals surface area (Å²) in [5.74, 6) is 0. The molecule has 0 aliphatic carbocycles. The third-order valence-electron chi connectivity index (χ3n) is 2.21. The Morgan fingerprint density at radius 2 is 1.86 bits per heavy atom. The smallest absolute Gasteiger partial charge is 0.0486 e. The van der Waals surface area contributed by atoms with Crippen molar-refractivity contribution in [3.8, 4) is 0 Å². The van der Waals surface area contributed by atoms with Crippen molar-refractivity contribution in [3.05, 3.63) is 24.3 Å². The van der Waals surface area contributed by atoms with Crippen molar-refractivity contribution in [2.75, 3.05) is 0 Å². The Hall–Kier alpha value is -0.303. The molecule has 0 aliphatic rings. The molecule has 0 rings (SSSR count). The third-order valence-corrected chi connectivity index (χ3v) is 3.68. The molecule has 0 nitrogen and oxygen atoms in total. The monoisotopic (exact) mass is 210 g/mol. The SMILES string of the molecule is C=C/C(=C\CCCCC)C[Si](C)(C)C. The van der Waals surface area contributed by atoms with Crippen LogP contribution in [-0.4, -0.2) is 8.07 Å². The van der Waals surface area contributed by atoms with E-state index in [4.69, 9.17) is 0 Å². The highest BCUT2D eigenvalue weighted by Crippen LogP contribution is 2.18. The van der Waals surface area contributed by atoms with E-state index >= 15 is 0 Å². The normalized spacial score (nSPS) is 13.0. The van der Waals surface area contributed by atoms with Gasteiger partial charge in [-0.15, -0.1) is 0 Å². The van der Waals surface area contributed by atoms with Gasteiger partial charge in [0, 0.05) is 8.07 Å². The Labute approximate surface area is 91.1 Å². The van der Waals surface area contributed by atoms with Crippen molar-refractivity contribution in [1.29, 1.82) is 0 Å². The molecule has 0 aromatic heterocycles. The summed E-state index contributed by atoms with van der Waals surface area (Å²) < 4.78 is 0. The van der Waals surface area contributed by atoms with Gasteiger partial charge in [0.05, 0.1) is 0 Å². The van der Waals surface area contributed by atoms with Crippen LogP contribution in [0.1, 0.15) is 32.6 Å². The van der Waals surface area contributed by atoms with Gasteiger partial charge in [-0.05, 0) is 18.9 Å². The second-order valence-electron chi connectivity index (χ2n) is 5.22.